The molecule has 2 aliphatic rings. The van der Waals surface area contributed by atoms with E-state index in [1.54, 1.807) is 0 Å². The summed E-state index contributed by atoms with van der Waals surface area (Å²) in [6.07, 6.45) is 0. The van der Waals surface area contributed by atoms with Crippen molar-refractivity contribution in [2.24, 2.45) is 0 Å². The van der Waals surface area contributed by atoms with E-state index in [0.717, 1.165) is 78.4 Å². The second kappa shape index (κ2) is 11.8. The molecule has 0 spiro atoms. The molecule has 9 aromatic carbocycles. The molecule has 0 aliphatic carbocycles. The Labute approximate surface area is 344 Å². The number of hydrogen-bond donors (Lipinski definition) is 0. The van der Waals surface area contributed by atoms with Gasteiger partial charge in [0, 0.05) is 78.4 Å². The van der Waals surface area contributed by atoms with E-state index in [1.165, 1.54) is 43.4 Å². The lowest BCUT2D eigenvalue weighted by Crippen LogP contribution is -2.53. The summed E-state index contributed by atoms with van der Waals surface area (Å²) in [7, 11) is 0. The van der Waals surface area contributed by atoms with Gasteiger partial charge in [0.15, 0.2) is 0 Å². The quantitative estimate of drug-likeness (QED) is 0.168. The van der Waals surface area contributed by atoms with Crippen molar-refractivity contribution in [2.45, 2.75) is 0 Å². The van der Waals surface area contributed by atoms with Gasteiger partial charge in [0.05, 0.1) is 38.8 Å². The first-order valence-corrected chi connectivity index (χ1v) is 20.5. The predicted molar refractivity (Wildman–Crippen MR) is 247 cm³/mol. The Morgan fingerprint density at radius 1 is 0.317 bits per heavy atom. The van der Waals surface area contributed by atoms with Crippen LogP contribution in [0.4, 0.5) is 0 Å². The van der Waals surface area contributed by atoms with Gasteiger partial charge in [-0.1, -0.05) is 115 Å². The van der Waals surface area contributed by atoms with Gasteiger partial charge in [-0.15, -0.1) is 0 Å². The van der Waals surface area contributed by atoms with Gasteiger partial charge in [0.2, 0.25) is 0 Å². The molecule has 0 unspecified atom stereocenters. The lowest BCUT2D eigenvalue weighted by molar-refractivity contribution is 0.479. The van der Waals surface area contributed by atoms with Gasteiger partial charge in [-0.25, -0.2) is 0 Å². The Hall–Kier alpha value is -7.96. The van der Waals surface area contributed by atoms with Crippen molar-refractivity contribution in [3.05, 3.63) is 194 Å². The molecule has 0 atom stereocenters. The highest BCUT2D eigenvalue weighted by Crippen LogP contribution is 2.44. The van der Waals surface area contributed by atoms with Gasteiger partial charge in [0.1, 0.15) is 17.2 Å². The van der Waals surface area contributed by atoms with Gasteiger partial charge in [-0.05, 0) is 66.2 Å². The van der Waals surface area contributed by atoms with Crippen LogP contribution in [0.3, 0.4) is 0 Å². The van der Waals surface area contributed by atoms with E-state index in [9.17, 15) is 0 Å². The summed E-state index contributed by atoms with van der Waals surface area (Å²) in [4.78, 5) is 0. The lowest BCUT2D eigenvalue weighted by Gasteiger charge is -2.34. The fraction of sp³-hybridized carbons (Fsp3) is 0. The third-order valence-corrected chi connectivity index (χ3v) is 12.9. The SMILES string of the molecule is c1ccc2c(c1)c1ccccc1n2-c1ccc2c(c1)Oc1cc(-n3c4ccccc4c4ccccc43)cc3c1B2Oc1cc(-n2c4ccccc4c4ccccc42)ccc1-3. The molecule has 3 aromatic heterocycles. The summed E-state index contributed by atoms with van der Waals surface area (Å²) in [6, 6.07) is 69.8. The molecule has 0 fully saturated rings. The van der Waals surface area contributed by atoms with Crippen molar-refractivity contribution in [1.29, 1.82) is 0 Å². The average Bonchev–Trinajstić information content (AvgIpc) is 3.94. The van der Waals surface area contributed by atoms with Crippen LogP contribution in [0.1, 0.15) is 0 Å². The summed E-state index contributed by atoms with van der Waals surface area (Å²) in [5.41, 5.74) is 14.3. The molecule has 0 saturated carbocycles. The maximum atomic E-state index is 7.26. The Morgan fingerprint density at radius 2 is 0.700 bits per heavy atom. The van der Waals surface area contributed by atoms with E-state index in [1.807, 2.05) is 0 Å². The number of rotatable bonds is 3. The van der Waals surface area contributed by atoms with E-state index >= 15 is 0 Å². The van der Waals surface area contributed by atoms with Crippen LogP contribution in [0.25, 0.3) is 93.6 Å². The summed E-state index contributed by atoms with van der Waals surface area (Å²) in [5.74, 6) is 2.44. The zero-order valence-corrected chi connectivity index (χ0v) is 32.2. The summed E-state index contributed by atoms with van der Waals surface area (Å²) in [6.45, 7) is -0.376. The van der Waals surface area contributed by atoms with Crippen molar-refractivity contribution in [3.8, 4) is 45.4 Å². The summed E-state index contributed by atoms with van der Waals surface area (Å²) < 4.78 is 21.5. The maximum absolute atomic E-state index is 7.26. The van der Waals surface area contributed by atoms with E-state index in [0.29, 0.717) is 0 Å². The van der Waals surface area contributed by atoms with Crippen molar-refractivity contribution >= 4 is 83.3 Å². The normalized spacial score (nSPS) is 12.9. The Morgan fingerprint density at radius 3 is 1.17 bits per heavy atom. The van der Waals surface area contributed by atoms with Crippen LogP contribution in [-0.4, -0.2) is 20.6 Å². The molecular weight excluding hydrogens is 733 g/mol. The molecule has 0 saturated heterocycles. The predicted octanol–water partition coefficient (Wildman–Crippen LogP) is 12.2. The second-order valence-electron chi connectivity index (χ2n) is 16.0. The van der Waals surface area contributed by atoms with Gasteiger partial charge < -0.3 is 23.1 Å². The third-order valence-electron chi connectivity index (χ3n) is 12.9. The van der Waals surface area contributed by atoms with Gasteiger partial charge in [-0.3, -0.25) is 0 Å². The fourth-order valence-corrected chi connectivity index (χ4v) is 10.4. The molecule has 0 amide bonds. The monoisotopic (exact) mass is 765 g/mol. The van der Waals surface area contributed by atoms with E-state index in [-0.39, 0.29) is 6.92 Å². The first kappa shape index (κ1) is 32.1. The van der Waals surface area contributed by atoms with E-state index in [4.69, 9.17) is 9.39 Å². The Balaban J connectivity index is 1.01. The Bertz CT molecular complexity index is 3660. The molecule has 5 nitrogen and oxygen atoms in total. The van der Waals surface area contributed by atoms with Gasteiger partial charge >= 0.3 is 6.92 Å². The van der Waals surface area contributed by atoms with Gasteiger partial charge in [-0.2, -0.15) is 0 Å². The van der Waals surface area contributed by atoms with E-state index in [2.05, 4.69) is 208 Å². The minimum absolute atomic E-state index is 0.376. The number of para-hydroxylation sites is 6. The first-order chi connectivity index (χ1) is 29.8. The van der Waals surface area contributed by atoms with Crippen molar-refractivity contribution in [3.63, 3.8) is 0 Å². The van der Waals surface area contributed by atoms with Crippen LogP contribution >= 0.6 is 0 Å². The highest BCUT2D eigenvalue weighted by atomic mass is 16.5. The molecule has 60 heavy (non-hydrogen) atoms. The highest BCUT2D eigenvalue weighted by Gasteiger charge is 2.42. The molecule has 2 aliphatic heterocycles. The van der Waals surface area contributed by atoms with Crippen molar-refractivity contribution in [2.75, 3.05) is 0 Å². The largest absolute Gasteiger partial charge is 0.551 e. The molecule has 14 rings (SSSR count). The van der Waals surface area contributed by atoms with Gasteiger partial charge in [0.25, 0.3) is 0 Å². The number of ether oxygens (including phenoxy) is 1. The molecule has 12 aromatic rings. The first-order valence-electron chi connectivity index (χ1n) is 20.5. The topological polar surface area (TPSA) is 33.2 Å². The third kappa shape index (κ3) is 4.26. The molecule has 0 radical (unpaired) electrons. The highest BCUT2D eigenvalue weighted by molar-refractivity contribution is 6.84. The van der Waals surface area contributed by atoms with Crippen LogP contribution in [0.2, 0.25) is 0 Å². The summed E-state index contributed by atoms with van der Waals surface area (Å²) in [5, 5.41) is 7.36. The molecule has 5 heterocycles. The van der Waals surface area contributed by atoms with Crippen LogP contribution in [0, 0.1) is 0 Å². The Kier molecular flexibility index (Phi) is 6.31. The maximum Gasteiger partial charge on any atom is 0.434 e. The smallest absolute Gasteiger partial charge is 0.434 e. The van der Waals surface area contributed by atoms with Crippen molar-refractivity contribution in [1.82, 2.24) is 13.7 Å². The molecular formula is C54H32BN3O2. The van der Waals surface area contributed by atoms with Crippen LogP contribution in [-0.2, 0) is 0 Å². The van der Waals surface area contributed by atoms with Crippen LogP contribution in [0.15, 0.2) is 194 Å². The molecule has 6 heteroatoms. The standard InChI is InChI=1S/C54H32BN3O2/c1-7-19-45-36(13-1)37-14-2-8-20-46(37)56(45)33-25-27-42-43-29-35(58-49-23-11-5-17-40(49)41-18-6-12-24-50(41)58)32-53-54(43)55(60-51(42)30-33)44-28-26-34(31-52(44)59-53)57-47-21-9-3-15-38(47)39-16-4-10-22-48(39)57/h1-32H. The fourth-order valence-electron chi connectivity index (χ4n) is 10.4. The number of aromatic nitrogens is 3. The minimum atomic E-state index is -0.376. The number of nitrogens with zero attached hydrogens (tertiary/aromatic N) is 3. The average molecular weight is 766 g/mol. The number of hydrogen-bond acceptors (Lipinski definition) is 2. The second-order valence-corrected chi connectivity index (χ2v) is 16.0. The molecule has 0 N–H and O–H groups in total. The van der Waals surface area contributed by atoms with E-state index < -0.39 is 0 Å². The summed E-state index contributed by atoms with van der Waals surface area (Å²) >= 11 is 0. The van der Waals surface area contributed by atoms with Crippen molar-refractivity contribution < 1.29 is 9.39 Å². The van der Waals surface area contributed by atoms with Crippen LogP contribution < -0.4 is 20.3 Å². The zero-order chi connectivity index (χ0) is 39.1. The number of fused-ring (bicyclic) bond motifs is 13. The minimum Gasteiger partial charge on any atom is -0.551 e. The number of benzene rings is 9. The van der Waals surface area contributed by atoms with Crippen LogP contribution in [0.5, 0.6) is 17.2 Å². The molecule has 278 valence electrons. The lowest BCUT2D eigenvalue weighted by atomic mass is 9.51. The molecule has 0 bridgehead atoms. The zero-order valence-electron chi connectivity index (χ0n) is 32.2.